The van der Waals surface area contributed by atoms with Gasteiger partial charge in [-0.05, 0) is 44.0 Å². The van der Waals surface area contributed by atoms with E-state index in [0.717, 1.165) is 18.8 Å². The Bertz CT molecular complexity index is 331. The first-order valence-corrected chi connectivity index (χ1v) is 6.26. The molecule has 2 rings (SSSR count). The summed E-state index contributed by atoms with van der Waals surface area (Å²) in [6.45, 7) is 0.920. The molecule has 0 aliphatic carbocycles. The minimum absolute atomic E-state index is 0.365. The first-order valence-electron chi connectivity index (χ1n) is 6.26. The zero-order valence-corrected chi connectivity index (χ0v) is 10.6. The lowest BCUT2D eigenvalue weighted by Gasteiger charge is -2.20. The van der Waals surface area contributed by atoms with Crippen LogP contribution < -0.4 is 10.1 Å². The van der Waals surface area contributed by atoms with Gasteiger partial charge in [0, 0.05) is 12.6 Å². The lowest BCUT2D eigenvalue weighted by atomic mass is 9.99. The molecular weight excluding hydrogens is 214 g/mol. The third kappa shape index (κ3) is 3.20. The van der Waals surface area contributed by atoms with Crippen LogP contribution in [0.25, 0.3) is 0 Å². The molecule has 3 heteroatoms. The van der Waals surface area contributed by atoms with Crippen molar-refractivity contribution >= 4 is 0 Å². The van der Waals surface area contributed by atoms with Gasteiger partial charge in [-0.25, -0.2) is 0 Å². The first kappa shape index (κ1) is 12.4. The molecule has 1 aromatic carbocycles. The van der Waals surface area contributed by atoms with E-state index in [0.29, 0.717) is 12.1 Å². The summed E-state index contributed by atoms with van der Waals surface area (Å²) >= 11 is 0. The van der Waals surface area contributed by atoms with E-state index < -0.39 is 0 Å². The average molecular weight is 235 g/mol. The van der Waals surface area contributed by atoms with Gasteiger partial charge >= 0.3 is 0 Å². The smallest absolute Gasteiger partial charge is 0.118 e. The van der Waals surface area contributed by atoms with Gasteiger partial charge in [0.25, 0.3) is 0 Å². The zero-order chi connectivity index (χ0) is 12.1. The van der Waals surface area contributed by atoms with Crippen LogP contribution in [0.5, 0.6) is 5.75 Å². The summed E-state index contributed by atoms with van der Waals surface area (Å²) in [5, 5.41) is 3.36. The Morgan fingerprint density at radius 3 is 2.71 bits per heavy atom. The average Bonchev–Trinajstić information content (AvgIpc) is 2.89. The van der Waals surface area contributed by atoms with Crippen LogP contribution in [0.15, 0.2) is 24.3 Å². The molecule has 1 heterocycles. The topological polar surface area (TPSA) is 30.5 Å². The fraction of sp³-hybridized carbons (Fsp3) is 0.571. The molecule has 1 saturated heterocycles. The summed E-state index contributed by atoms with van der Waals surface area (Å²) < 4.78 is 10.9. The van der Waals surface area contributed by atoms with Crippen molar-refractivity contribution in [1.82, 2.24) is 5.32 Å². The van der Waals surface area contributed by atoms with Crippen molar-refractivity contribution in [3.8, 4) is 5.75 Å². The maximum absolute atomic E-state index is 5.69. The van der Waals surface area contributed by atoms with Gasteiger partial charge in [-0.1, -0.05) is 12.1 Å². The standard InChI is InChI=1S/C14H21NO2/c1-15-14(10-13-4-3-9-17-13)11-5-7-12(16-2)8-6-11/h5-8,13-15H,3-4,9-10H2,1-2H3. The van der Waals surface area contributed by atoms with E-state index in [1.165, 1.54) is 18.4 Å². The third-order valence-electron chi connectivity index (χ3n) is 3.39. The minimum Gasteiger partial charge on any atom is -0.497 e. The first-order chi connectivity index (χ1) is 8.33. The molecule has 1 aliphatic rings. The van der Waals surface area contributed by atoms with Crippen molar-refractivity contribution in [3.63, 3.8) is 0 Å². The molecule has 0 spiro atoms. The van der Waals surface area contributed by atoms with Crippen molar-refractivity contribution in [3.05, 3.63) is 29.8 Å². The fourth-order valence-electron chi connectivity index (χ4n) is 2.35. The van der Waals surface area contributed by atoms with E-state index in [4.69, 9.17) is 9.47 Å². The van der Waals surface area contributed by atoms with Crippen LogP contribution in [0.1, 0.15) is 30.9 Å². The zero-order valence-electron chi connectivity index (χ0n) is 10.6. The van der Waals surface area contributed by atoms with Gasteiger partial charge in [-0.3, -0.25) is 0 Å². The molecule has 1 aliphatic heterocycles. The highest BCUT2D eigenvalue weighted by molar-refractivity contribution is 5.29. The molecular formula is C14H21NO2. The van der Waals surface area contributed by atoms with Crippen molar-refractivity contribution < 1.29 is 9.47 Å². The van der Waals surface area contributed by atoms with E-state index >= 15 is 0 Å². The number of hydrogen-bond acceptors (Lipinski definition) is 3. The fourth-order valence-corrected chi connectivity index (χ4v) is 2.35. The Balaban J connectivity index is 2.00. The van der Waals surface area contributed by atoms with E-state index in [2.05, 4.69) is 17.4 Å². The number of ether oxygens (including phenoxy) is 2. The van der Waals surface area contributed by atoms with Crippen molar-refractivity contribution in [2.24, 2.45) is 0 Å². The van der Waals surface area contributed by atoms with E-state index in [-0.39, 0.29) is 0 Å². The molecule has 0 amide bonds. The third-order valence-corrected chi connectivity index (χ3v) is 3.39. The molecule has 0 radical (unpaired) electrons. The van der Waals surface area contributed by atoms with Crippen molar-refractivity contribution in [2.45, 2.75) is 31.4 Å². The SMILES string of the molecule is CNC(CC1CCCO1)c1ccc(OC)cc1. The second-order valence-corrected chi connectivity index (χ2v) is 4.49. The van der Waals surface area contributed by atoms with Gasteiger partial charge in [0.2, 0.25) is 0 Å². The van der Waals surface area contributed by atoms with E-state index in [9.17, 15) is 0 Å². The molecule has 0 saturated carbocycles. The Labute approximate surface area is 103 Å². The molecule has 94 valence electrons. The summed E-state index contributed by atoms with van der Waals surface area (Å²) in [6, 6.07) is 8.62. The summed E-state index contributed by atoms with van der Waals surface area (Å²) in [5.74, 6) is 0.903. The number of benzene rings is 1. The van der Waals surface area contributed by atoms with Crippen LogP contribution in [-0.2, 0) is 4.74 Å². The summed E-state index contributed by atoms with van der Waals surface area (Å²) in [4.78, 5) is 0. The highest BCUT2D eigenvalue weighted by Crippen LogP contribution is 2.26. The highest BCUT2D eigenvalue weighted by Gasteiger charge is 2.20. The predicted molar refractivity (Wildman–Crippen MR) is 68.4 cm³/mol. The Hall–Kier alpha value is -1.06. The Morgan fingerprint density at radius 2 is 2.18 bits per heavy atom. The molecule has 1 fully saturated rings. The Morgan fingerprint density at radius 1 is 1.41 bits per heavy atom. The molecule has 0 aromatic heterocycles. The van der Waals surface area contributed by atoms with Gasteiger partial charge in [0.15, 0.2) is 0 Å². The lowest BCUT2D eigenvalue weighted by Crippen LogP contribution is -2.22. The van der Waals surface area contributed by atoms with Gasteiger partial charge in [-0.15, -0.1) is 0 Å². The Kier molecular flexibility index (Phi) is 4.40. The quantitative estimate of drug-likeness (QED) is 0.850. The highest BCUT2D eigenvalue weighted by atomic mass is 16.5. The van der Waals surface area contributed by atoms with Crippen LogP contribution in [0, 0.1) is 0 Å². The second kappa shape index (κ2) is 6.03. The number of nitrogens with one attached hydrogen (secondary N) is 1. The van der Waals surface area contributed by atoms with Crippen molar-refractivity contribution in [1.29, 1.82) is 0 Å². The molecule has 2 unspecified atom stereocenters. The van der Waals surface area contributed by atoms with Gasteiger partial charge < -0.3 is 14.8 Å². The number of hydrogen-bond donors (Lipinski definition) is 1. The molecule has 1 N–H and O–H groups in total. The summed E-state index contributed by atoms with van der Waals surface area (Å²) in [7, 11) is 3.70. The minimum atomic E-state index is 0.365. The molecule has 2 atom stereocenters. The van der Waals surface area contributed by atoms with E-state index in [1.807, 2.05) is 19.2 Å². The monoisotopic (exact) mass is 235 g/mol. The summed E-state index contributed by atoms with van der Waals surface area (Å²) in [6.07, 6.45) is 3.84. The molecule has 3 nitrogen and oxygen atoms in total. The number of rotatable bonds is 5. The maximum atomic E-state index is 5.69. The van der Waals surface area contributed by atoms with Gasteiger partial charge in [0.05, 0.1) is 13.2 Å². The number of methoxy groups -OCH3 is 1. The summed E-state index contributed by atoms with van der Waals surface area (Å²) in [5.41, 5.74) is 1.30. The van der Waals surface area contributed by atoms with Crippen LogP contribution in [-0.4, -0.2) is 26.9 Å². The van der Waals surface area contributed by atoms with Crippen LogP contribution in [0.2, 0.25) is 0 Å². The van der Waals surface area contributed by atoms with Crippen LogP contribution in [0.3, 0.4) is 0 Å². The van der Waals surface area contributed by atoms with Crippen LogP contribution >= 0.6 is 0 Å². The molecule has 17 heavy (non-hydrogen) atoms. The predicted octanol–water partition coefficient (Wildman–Crippen LogP) is 2.52. The lowest BCUT2D eigenvalue weighted by molar-refractivity contribution is 0.0954. The van der Waals surface area contributed by atoms with Crippen molar-refractivity contribution in [2.75, 3.05) is 20.8 Å². The van der Waals surface area contributed by atoms with Gasteiger partial charge in [0.1, 0.15) is 5.75 Å². The largest absolute Gasteiger partial charge is 0.497 e. The van der Waals surface area contributed by atoms with Gasteiger partial charge in [-0.2, -0.15) is 0 Å². The van der Waals surface area contributed by atoms with Crippen LogP contribution in [0.4, 0.5) is 0 Å². The molecule has 0 bridgehead atoms. The molecule has 1 aromatic rings. The second-order valence-electron chi connectivity index (χ2n) is 4.49. The maximum Gasteiger partial charge on any atom is 0.118 e. The van der Waals surface area contributed by atoms with E-state index in [1.54, 1.807) is 7.11 Å². The normalized spacial score (nSPS) is 21.4.